The molecule has 15 heavy (non-hydrogen) atoms. The molecule has 0 aliphatic rings. The van der Waals surface area contributed by atoms with Crippen molar-refractivity contribution in [1.29, 1.82) is 0 Å². The minimum Gasteiger partial charge on any atom is -0.465 e. The van der Waals surface area contributed by atoms with Crippen molar-refractivity contribution in [2.75, 3.05) is 19.5 Å². The summed E-state index contributed by atoms with van der Waals surface area (Å²) < 4.78 is 4.47. The molecule has 0 aliphatic carbocycles. The Morgan fingerprint density at radius 2 is 2.33 bits per heavy atom. The van der Waals surface area contributed by atoms with Gasteiger partial charge in [-0.2, -0.15) is 0 Å². The number of nitrogens with one attached hydrogen (secondary N) is 1. The maximum Gasteiger partial charge on any atom is 0.341 e. The number of anilines is 1. The normalized spacial score (nSPS) is 9.47. The molecule has 1 rings (SSSR count). The average Bonchev–Trinajstić information content (AvgIpc) is 2.27. The lowest BCUT2D eigenvalue weighted by atomic mass is 10.2. The van der Waals surface area contributed by atoms with Crippen LogP contribution in [0.2, 0.25) is 0 Å². The first-order valence-electron chi connectivity index (χ1n) is 4.00. The summed E-state index contributed by atoms with van der Waals surface area (Å²) in [7, 11) is 2.75. The molecule has 0 fully saturated rings. The van der Waals surface area contributed by atoms with E-state index in [1.165, 1.54) is 7.11 Å². The van der Waals surface area contributed by atoms with Crippen LogP contribution in [0.4, 0.5) is 11.5 Å². The molecule has 7 heteroatoms. The highest BCUT2D eigenvalue weighted by molar-refractivity contribution is 5.95. The van der Waals surface area contributed by atoms with Gasteiger partial charge in [-0.3, -0.25) is 10.1 Å². The van der Waals surface area contributed by atoms with E-state index >= 15 is 0 Å². The van der Waals surface area contributed by atoms with Crippen molar-refractivity contribution in [2.24, 2.45) is 0 Å². The minimum absolute atomic E-state index is 0.0363. The Balaban J connectivity index is 3.25. The van der Waals surface area contributed by atoms with Crippen molar-refractivity contribution in [3.63, 3.8) is 0 Å². The molecular formula is C8H9N3O4. The van der Waals surface area contributed by atoms with E-state index in [-0.39, 0.29) is 17.1 Å². The monoisotopic (exact) mass is 211 g/mol. The lowest BCUT2D eigenvalue weighted by Gasteiger charge is -2.05. The molecule has 0 aliphatic heterocycles. The lowest BCUT2D eigenvalue weighted by Crippen LogP contribution is -2.08. The predicted molar refractivity (Wildman–Crippen MR) is 51.8 cm³/mol. The van der Waals surface area contributed by atoms with Crippen LogP contribution < -0.4 is 5.32 Å². The van der Waals surface area contributed by atoms with Gasteiger partial charge in [0.25, 0.3) is 5.69 Å². The Bertz CT molecular complexity index is 405. The van der Waals surface area contributed by atoms with E-state index in [4.69, 9.17) is 0 Å². The highest BCUT2D eigenvalue weighted by Gasteiger charge is 2.17. The summed E-state index contributed by atoms with van der Waals surface area (Å²) in [4.78, 5) is 24.8. The number of carbonyl (C=O) groups is 1. The van der Waals surface area contributed by atoms with Crippen LogP contribution in [0.1, 0.15) is 10.4 Å². The fourth-order valence-corrected chi connectivity index (χ4v) is 1.02. The second-order valence-corrected chi connectivity index (χ2v) is 2.59. The third-order valence-electron chi connectivity index (χ3n) is 1.73. The van der Waals surface area contributed by atoms with Gasteiger partial charge in [-0.15, -0.1) is 0 Å². The van der Waals surface area contributed by atoms with Crippen LogP contribution in [0.3, 0.4) is 0 Å². The van der Waals surface area contributed by atoms with Gasteiger partial charge >= 0.3 is 5.97 Å². The number of nitrogens with zero attached hydrogens (tertiary/aromatic N) is 2. The second-order valence-electron chi connectivity index (χ2n) is 2.59. The Kier molecular flexibility index (Phi) is 3.17. The van der Waals surface area contributed by atoms with Crippen LogP contribution in [0.25, 0.3) is 0 Å². The predicted octanol–water partition coefficient (Wildman–Crippen LogP) is 0.818. The molecule has 0 spiro atoms. The summed E-state index contributed by atoms with van der Waals surface area (Å²) in [6.45, 7) is 0. The third-order valence-corrected chi connectivity index (χ3v) is 1.73. The summed E-state index contributed by atoms with van der Waals surface area (Å²) in [5, 5.41) is 13.1. The molecule has 0 atom stereocenters. The molecule has 1 heterocycles. The van der Waals surface area contributed by atoms with Crippen molar-refractivity contribution in [3.8, 4) is 0 Å². The van der Waals surface area contributed by atoms with Crippen LogP contribution in [-0.2, 0) is 4.74 Å². The SMILES string of the molecule is CNc1ncc([N+](=O)[O-])cc1C(=O)OC. The fourth-order valence-electron chi connectivity index (χ4n) is 1.02. The van der Waals surface area contributed by atoms with E-state index in [0.717, 1.165) is 12.3 Å². The molecule has 1 aromatic rings. The molecule has 0 radical (unpaired) electrons. The van der Waals surface area contributed by atoms with Gasteiger partial charge in [0.05, 0.1) is 12.0 Å². The van der Waals surface area contributed by atoms with Crippen LogP contribution >= 0.6 is 0 Å². The standard InChI is InChI=1S/C8H9N3O4/c1-9-7-6(8(12)15-2)3-5(4-10-7)11(13)14/h3-4H,1-2H3,(H,9,10). The fraction of sp³-hybridized carbons (Fsp3) is 0.250. The van der Waals surface area contributed by atoms with Gasteiger partial charge in [-0.25, -0.2) is 9.78 Å². The van der Waals surface area contributed by atoms with Gasteiger partial charge in [0.15, 0.2) is 0 Å². The summed E-state index contributed by atoms with van der Waals surface area (Å²) in [6.07, 6.45) is 1.07. The molecule has 0 aromatic carbocycles. The number of carbonyl (C=O) groups excluding carboxylic acids is 1. The van der Waals surface area contributed by atoms with Crippen molar-refractivity contribution < 1.29 is 14.5 Å². The summed E-state index contributed by atoms with van der Waals surface area (Å²) in [5.41, 5.74) is -0.219. The number of hydrogen-bond acceptors (Lipinski definition) is 6. The van der Waals surface area contributed by atoms with Gasteiger partial charge in [-0.05, 0) is 0 Å². The van der Waals surface area contributed by atoms with Crippen LogP contribution in [-0.4, -0.2) is 30.0 Å². The maximum atomic E-state index is 11.2. The third kappa shape index (κ3) is 2.19. The molecule has 1 N–H and O–H groups in total. The number of rotatable bonds is 3. The van der Waals surface area contributed by atoms with E-state index in [1.54, 1.807) is 7.05 Å². The average molecular weight is 211 g/mol. The number of methoxy groups -OCH3 is 1. The zero-order chi connectivity index (χ0) is 11.4. The van der Waals surface area contributed by atoms with E-state index in [0.29, 0.717) is 0 Å². The number of nitro groups is 1. The highest BCUT2D eigenvalue weighted by Crippen LogP contribution is 2.19. The number of ether oxygens (including phenoxy) is 1. The second kappa shape index (κ2) is 4.36. The van der Waals surface area contributed by atoms with E-state index < -0.39 is 10.9 Å². The van der Waals surface area contributed by atoms with Crippen molar-refractivity contribution in [1.82, 2.24) is 4.98 Å². The van der Waals surface area contributed by atoms with Crippen LogP contribution in [0.5, 0.6) is 0 Å². The molecule has 0 unspecified atom stereocenters. The quantitative estimate of drug-likeness (QED) is 0.451. The summed E-state index contributed by atoms with van der Waals surface area (Å²) >= 11 is 0. The molecule has 0 amide bonds. The van der Waals surface area contributed by atoms with Gasteiger partial charge in [0.1, 0.15) is 17.6 Å². The molecular weight excluding hydrogens is 202 g/mol. The summed E-state index contributed by atoms with van der Waals surface area (Å²) in [5.74, 6) is -0.428. The van der Waals surface area contributed by atoms with Crippen molar-refractivity contribution in [3.05, 3.63) is 27.9 Å². The van der Waals surface area contributed by atoms with E-state index in [2.05, 4.69) is 15.0 Å². The Labute approximate surface area is 85.2 Å². The Morgan fingerprint density at radius 3 is 2.80 bits per heavy atom. The van der Waals surface area contributed by atoms with Gasteiger partial charge in [-0.1, -0.05) is 0 Å². The topological polar surface area (TPSA) is 94.4 Å². The molecule has 0 saturated heterocycles. The first-order valence-corrected chi connectivity index (χ1v) is 4.00. The van der Waals surface area contributed by atoms with Crippen LogP contribution in [0, 0.1) is 10.1 Å². The first-order chi connectivity index (χ1) is 7.10. The lowest BCUT2D eigenvalue weighted by molar-refractivity contribution is -0.385. The summed E-state index contributed by atoms with van der Waals surface area (Å²) in [6, 6.07) is 1.12. The van der Waals surface area contributed by atoms with Gasteiger partial charge in [0.2, 0.25) is 0 Å². The number of esters is 1. The molecule has 0 bridgehead atoms. The van der Waals surface area contributed by atoms with Crippen LogP contribution in [0.15, 0.2) is 12.3 Å². The van der Waals surface area contributed by atoms with E-state index in [9.17, 15) is 14.9 Å². The zero-order valence-electron chi connectivity index (χ0n) is 8.18. The smallest absolute Gasteiger partial charge is 0.341 e. The van der Waals surface area contributed by atoms with Gasteiger partial charge < -0.3 is 10.1 Å². The Hall–Kier alpha value is -2.18. The van der Waals surface area contributed by atoms with E-state index in [1.807, 2.05) is 0 Å². The number of hydrogen-bond donors (Lipinski definition) is 1. The highest BCUT2D eigenvalue weighted by atomic mass is 16.6. The minimum atomic E-state index is -0.671. The zero-order valence-corrected chi connectivity index (χ0v) is 8.18. The van der Waals surface area contributed by atoms with Gasteiger partial charge in [0, 0.05) is 13.1 Å². The number of aromatic nitrogens is 1. The first kappa shape index (κ1) is 10.9. The number of pyridine rings is 1. The molecule has 80 valence electrons. The largest absolute Gasteiger partial charge is 0.465 e. The maximum absolute atomic E-state index is 11.2. The molecule has 1 aromatic heterocycles. The molecule has 7 nitrogen and oxygen atoms in total. The Morgan fingerprint density at radius 1 is 1.67 bits per heavy atom. The van der Waals surface area contributed by atoms with Crippen molar-refractivity contribution >= 4 is 17.5 Å². The molecule has 0 saturated carbocycles. The van der Waals surface area contributed by atoms with Crippen molar-refractivity contribution in [2.45, 2.75) is 0 Å².